The first-order valence-electron chi connectivity index (χ1n) is 13.8. The van der Waals surface area contributed by atoms with Crippen LogP contribution in [0.3, 0.4) is 0 Å². The molecule has 0 radical (unpaired) electrons. The largest absolute Gasteiger partial charge is 0.497 e. The van der Waals surface area contributed by atoms with Crippen molar-refractivity contribution < 1.29 is 23.4 Å². The molecule has 4 heterocycles. The Morgan fingerprint density at radius 3 is 2.59 bits per heavy atom. The summed E-state index contributed by atoms with van der Waals surface area (Å²) in [7, 11) is 1.61. The molecule has 216 valence electrons. The topological polar surface area (TPSA) is 101 Å². The number of nitrogens with zero attached hydrogens (tertiary/aromatic N) is 6. The summed E-state index contributed by atoms with van der Waals surface area (Å²) in [6.45, 7) is 4.37. The molecule has 6 rings (SSSR count). The second kappa shape index (κ2) is 11.9. The molecule has 0 aliphatic carbocycles. The van der Waals surface area contributed by atoms with Crippen LogP contribution in [0.25, 0.3) is 16.9 Å². The molecule has 2 aromatic carbocycles. The van der Waals surface area contributed by atoms with Crippen LogP contribution in [0.5, 0.6) is 5.75 Å². The van der Waals surface area contributed by atoms with Crippen molar-refractivity contribution in [3.05, 3.63) is 66.0 Å². The number of morpholine rings is 1. The second-order valence-corrected chi connectivity index (χ2v) is 10.3. The minimum Gasteiger partial charge on any atom is -0.497 e. The zero-order chi connectivity index (χ0) is 28.3. The molecule has 0 saturated carbocycles. The maximum Gasteiger partial charge on any atom is 0.296 e. The molecule has 12 heteroatoms. The van der Waals surface area contributed by atoms with Gasteiger partial charge in [0.2, 0.25) is 5.95 Å². The van der Waals surface area contributed by atoms with Crippen LogP contribution in [-0.2, 0) is 4.74 Å². The number of methoxy groups -OCH3 is 1. The number of hydrogen-bond donors (Lipinski definition) is 2. The predicted octanol–water partition coefficient (Wildman–Crippen LogP) is 4.02. The Labute approximate surface area is 236 Å². The van der Waals surface area contributed by atoms with E-state index in [2.05, 4.69) is 10.3 Å². The fourth-order valence-electron chi connectivity index (χ4n) is 5.45. The Hall–Kier alpha value is -3.87. The number of ether oxygens (including phenoxy) is 2. The van der Waals surface area contributed by atoms with E-state index in [0.29, 0.717) is 68.0 Å². The summed E-state index contributed by atoms with van der Waals surface area (Å²) in [6, 6.07) is 16.2. The normalized spacial score (nSPS) is 18.8. The number of alkyl halides is 2. The summed E-state index contributed by atoms with van der Waals surface area (Å²) in [5.74, 6) is 1.98. The monoisotopic (exact) mass is 565 g/mol. The average Bonchev–Trinajstić information content (AvgIpc) is 3.65. The lowest BCUT2D eigenvalue weighted by molar-refractivity contribution is 0.0166. The van der Waals surface area contributed by atoms with Gasteiger partial charge in [-0.1, -0.05) is 24.3 Å². The van der Waals surface area contributed by atoms with Gasteiger partial charge in [0.15, 0.2) is 5.82 Å². The van der Waals surface area contributed by atoms with Gasteiger partial charge in [0.1, 0.15) is 23.6 Å². The summed E-state index contributed by atoms with van der Waals surface area (Å²) in [5, 5.41) is 14.3. The average molecular weight is 566 g/mol. The van der Waals surface area contributed by atoms with Gasteiger partial charge in [-0.05, 0) is 42.2 Å². The molecule has 41 heavy (non-hydrogen) atoms. The number of aromatic nitrogens is 4. The summed E-state index contributed by atoms with van der Waals surface area (Å²) in [4.78, 5) is 17.7. The minimum absolute atomic E-state index is 0.263. The third-order valence-corrected chi connectivity index (χ3v) is 7.65. The molecule has 4 aromatic rings. The van der Waals surface area contributed by atoms with E-state index < -0.39 is 12.7 Å². The standard InChI is InChI=1S/C29H33F2N7O3/c1-40-21-8-6-20(7-9-21)28(39)37-11-10-19(18-37)17-32-24-16-25(35-29(34-24)36-12-14-41-15-13-36)38-23-5-3-2-4-22(23)33-27(38)26(30)31/h2-9,16,19,26,28,39H,10-15,17-18H2,1H3,(H,32,34,35)/t19-,28?/m1/s1. The molecule has 2 aromatic heterocycles. The van der Waals surface area contributed by atoms with Gasteiger partial charge in [-0.15, -0.1) is 0 Å². The minimum atomic E-state index is -2.78. The van der Waals surface area contributed by atoms with Gasteiger partial charge < -0.3 is 24.8 Å². The zero-order valence-electron chi connectivity index (χ0n) is 22.8. The van der Waals surface area contributed by atoms with Crippen molar-refractivity contribution in [3.63, 3.8) is 0 Å². The van der Waals surface area contributed by atoms with Gasteiger partial charge in [-0.3, -0.25) is 9.47 Å². The maximum atomic E-state index is 14.1. The lowest BCUT2D eigenvalue weighted by atomic mass is 10.1. The highest BCUT2D eigenvalue weighted by atomic mass is 19.3. The van der Waals surface area contributed by atoms with Crippen LogP contribution in [-0.4, -0.2) is 82.6 Å². The van der Waals surface area contributed by atoms with Crippen molar-refractivity contribution in [1.29, 1.82) is 0 Å². The Bertz CT molecular complexity index is 1480. The van der Waals surface area contributed by atoms with E-state index in [1.165, 1.54) is 4.57 Å². The summed E-state index contributed by atoms with van der Waals surface area (Å²) in [5.41, 5.74) is 1.85. The van der Waals surface area contributed by atoms with Gasteiger partial charge in [0.05, 0.1) is 31.4 Å². The van der Waals surface area contributed by atoms with E-state index in [1.54, 1.807) is 37.4 Å². The third kappa shape index (κ3) is 5.81. The van der Waals surface area contributed by atoms with Crippen LogP contribution < -0.4 is 15.0 Å². The first-order chi connectivity index (χ1) is 20.0. The molecule has 2 fully saturated rings. The molecule has 10 nitrogen and oxygen atoms in total. The maximum absolute atomic E-state index is 14.1. The van der Waals surface area contributed by atoms with Gasteiger partial charge in [0, 0.05) is 38.8 Å². The molecular formula is C29H33F2N7O3. The van der Waals surface area contributed by atoms with Crippen molar-refractivity contribution in [2.24, 2.45) is 5.92 Å². The smallest absolute Gasteiger partial charge is 0.296 e. The first-order valence-corrected chi connectivity index (χ1v) is 13.8. The number of imidazole rings is 1. The fraction of sp³-hybridized carbons (Fsp3) is 0.414. The molecule has 0 amide bonds. The third-order valence-electron chi connectivity index (χ3n) is 7.65. The fourth-order valence-corrected chi connectivity index (χ4v) is 5.45. The van der Waals surface area contributed by atoms with Crippen molar-refractivity contribution in [1.82, 2.24) is 24.4 Å². The van der Waals surface area contributed by atoms with Gasteiger partial charge in [0.25, 0.3) is 6.43 Å². The summed E-state index contributed by atoms with van der Waals surface area (Å²) < 4.78 is 40.4. The molecule has 1 unspecified atom stereocenters. The van der Waals surface area contributed by atoms with E-state index in [9.17, 15) is 13.9 Å². The Balaban J connectivity index is 1.23. The van der Waals surface area contributed by atoms with Crippen molar-refractivity contribution in [2.45, 2.75) is 19.1 Å². The van der Waals surface area contributed by atoms with E-state index in [4.69, 9.17) is 19.4 Å². The quantitative estimate of drug-likeness (QED) is 0.312. The number of anilines is 2. The van der Waals surface area contributed by atoms with Gasteiger partial charge >= 0.3 is 0 Å². The first kappa shape index (κ1) is 27.3. The number of aliphatic hydroxyl groups excluding tert-OH is 1. The zero-order valence-corrected chi connectivity index (χ0v) is 22.8. The number of aliphatic hydroxyl groups is 1. The van der Waals surface area contributed by atoms with Crippen LogP contribution in [0.4, 0.5) is 20.5 Å². The molecule has 2 aliphatic heterocycles. The summed E-state index contributed by atoms with van der Waals surface area (Å²) in [6.07, 6.45) is -2.58. The van der Waals surface area contributed by atoms with Crippen LogP contribution in [0.1, 0.15) is 30.5 Å². The number of fused-ring (bicyclic) bond motifs is 1. The SMILES string of the molecule is COc1ccc(C(O)N2CC[C@H](CNc3cc(-n4c(C(F)F)nc5ccccc54)nc(N4CCOCC4)n3)C2)cc1. The molecule has 2 aliphatic rings. The number of hydrogen-bond acceptors (Lipinski definition) is 9. The lowest BCUT2D eigenvalue weighted by Gasteiger charge is -2.27. The molecule has 0 spiro atoms. The van der Waals surface area contributed by atoms with E-state index in [-0.39, 0.29) is 11.7 Å². The molecule has 0 bridgehead atoms. The number of likely N-dealkylation sites (tertiary alicyclic amines) is 1. The lowest BCUT2D eigenvalue weighted by Crippen LogP contribution is -2.37. The number of nitrogens with one attached hydrogen (secondary N) is 1. The van der Waals surface area contributed by atoms with E-state index in [1.807, 2.05) is 34.1 Å². The number of benzene rings is 2. The van der Waals surface area contributed by atoms with Gasteiger partial charge in [-0.2, -0.15) is 9.97 Å². The van der Waals surface area contributed by atoms with Crippen LogP contribution in [0.15, 0.2) is 54.6 Å². The highest BCUT2D eigenvalue weighted by molar-refractivity contribution is 5.78. The Kier molecular flexibility index (Phi) is 7.95. The van der Waals surface area contributed by atoms with Crippen molar-refractivity contribution >= 4 is 22.8 Å². The number of para-hydroxylation sites is 2. The number of rotatable bonds is 9. The van der Waals surface area contributed by atoms with Crippen LogP contribution in [0, 0.1) is 5.92 Å². The van der Waals surface area contributed by atoms with Crippen molar-refractivity contribution in [3.8, 4) is 11.6 Å². The molecular weight excluding hydrogens is 532 g/mol. The highest BCUT2D eigenvalue weighted by Crippen LogP contribution is 2.30. The van der Waals surface area contributed by atoms with Crippen molar-refractivity contribution in [2.75, 3.05) is 63.3 Å². The number of halogens is 2. The summed E-state index contributed by atoms with van der Waals surface area (Å²) >= 11 is 0. The van der Waals surface area contributed by atoms with Crippen LogP contribution >= 0.6 is 0 Å². The Morgan fingerprint density at radius 1 is 1.05 bits per heavy atom. The molecule has 2 atom stereocenters. The Morgan fingerprint density at radius 2 is 1.83 bits per heavy atom. The van der Waals surface area contributed by atoms with Crippen LogP contribution in [0.2, 0.25) is 0 Å². The predicted molar refractivity (Wildman–Crippen MR) is 151 cm³/mol. The molecule has 2 N–H and O–H groups in total. The van der Waals surface area contributed by atoms with E-state index in [0.717, 1.165) is 24.3 Å². The van der Waals surface area contributed by atoms with Gasteiger partial charge in [-0.25, -0.2) is 13.8 Å². The van der Waals surface area contributed by atoms with E-state index >= 15 is 0 Å². The highest BCUT2D eigenvalue weighted by Gasteiger charge is 2.29. The molecule has 2 saturated heterocycles. The second-order valence-electron chi connectivity index (χ2n) is 10.3.